The standard InChI is InChI=1S/C21H19N3OS/c1-13-7-9-22-18(11-13)24-19(16-8-10-26-12-16)17-6-5-15-4-3-14(2)23-20(15)21(17)25/h3-12,19,25H,1-2H3,(H,22,24)/t19-/m0/s1. The lowest BCUT2D eigenvalue weighted by Crippen LogP contribution is -2.13. The molecule has 4 rings (SSSR count). The maximum Gasteiger partial charge on any atom is 0.147 e. The molecule has 0 spiro atoms. The molecule has 4 aromatic rings. The van der Waals surface area contributed by atoms with Crippen molar-refractivity contribution < 1.29 is 5.11 Å². The van der Waals surface area contributed by atoms with Crippen molar-refractivity contribution >= 4 is 28.1 Å². The summed E-state index contributed by atoms with van der Waals surface area (Å²) in [7, 11) is 0. The molecule has 130 valence electrons. The smallest absolute Gasteiger partial charge is 0.147 e. The van der Waals surface area contributed by atoms with Crippen LogP contribution >= 0.6 is 11.3 Å². The fourth-order valence-corrected chi connectivity index (χ4v) is 3.75. The van der Waals surface area contributed by atoms with Crippen LogP contribution in [-0.2, 0) is 0 Å². The van der Waals surface area contributed by atoms with Crippen molar-refractivity contribution in [1.29, 1.82) is 0 Å². The van der Waals surface area contributed by atoms with Gasteiger partial charge in [0.1, 0.15) is 17.1 Å². The largest absolute Gasteiger partial charge is 0.505 e. The molecule has 0 radical (unpaired) electrons. The number of aromatic nitrogens is 2. The Balaban J connectivity index is 1.84. The van der Waals surface area contributed by atoms with E-state index in [-0.39, 0.29) is 11.8 Å². The first kappa shape index (κ1) is 16.5. The van der Waals surface area contributed by atoms with Gasteiger partial charge in [-0.1, -0.05) is 18.2 Å². The van der Waals surface area contributed by atoms with Crippen LogP contribution in [0.5, 0.6) is 5.75 Å². The molecule has 5 heteroatoms. The van der Waals surface area contributed by atoms with E-state index in [1.54, 1.807) is 17.5 Å². The molecule has 26 heavy (non-hydrogen) atoms. The number of phenolic OH excluding ortho intramolecular Hbond substituents is 1. The number of fused-ring (bicyclic) bond motifs is 1. The van der Waals surface area contributed by atoms with Gasteiger partial charge in [-0.15, -0.1) is 0 Å². The third kappa shape index (κ3) is 3.13. The summed E-state index contributed by atoms with van der Waals surface area (Å²) in [6.45, 7) is 3.96. The number of hydrogen-bond donors (Lipinski definition) is 2. The van der Waals surface area contributed by atoms with Crippen molar-refractivity contribution in [2.45, 2.75) is 19.9 Å². The minimum atomic E-state index is -0.206. The molecule has 0 amide bonds. The fourth-order valence-electron chi connectivity index (χ4n) is 3.06. The number of pyridine rings is 2. The lowest BCUT2D eigenvalue weighted by atomic mass is 9.98. The average molecular weight is 361 g/mol. The predicted molar refractivity (Wildman–Crippen MR) is 107 cm³/mol. The van der Waals surface area contributed by atoms with Gasteiger partial charge < -0.3 is 10.4 Å². The molecular formula is C21H19N3OS. The zero-order valence-electron chi connectivity index (χ0n) is 14.6. The molecule has 0 bridgehead atoms. The van der Waals surface area contributed by atoms with Gasteiger partial charge in [0.2, 0.25) is 0 Å². The molecule has 0 unspecified atom stereocenters. The summed E-state index contributed by atoms with van der Waals surface area (Å²) in [5.41, 5.74) is 4.51. The summed E-state index contributed by atoms with van der Waals surface area (Å²) < 4.78 is 0. The highest BCUT2D eigenvalue weighted by atomic mass is 32.1. The van der Waals surface area contributed by atoms with Gasteiger partial charge >= 0.3 is 0 Å². The maximum absolute atomic E-state index is 11.0. The minimum Gasteiger partial charge on any atom is -0.505 e. The Kier molecular flexibility index (Phi) is 4.31. The van der Waals surface area contributed by atoms with E-state index in [2.05, 4.69) is 26.7 Å². The molecule has 0 aliphatic carbocycles. The Morgan fingerprint density at radius 3 is 2.69 bits per heavy atom. The summed E-state index contributed by atoms with van der Waals surface area (Å²) in [6.07, 6.45) is 1.79. The van der Waals surface area contributed by atoms with Gasteiger partial charge in [0.05, 0.1) is 6.04 Å². The zero-order chi connectivity index (χ0) is 18.1. The van der Waals surface area contributed by atoms with Crippen LogP contribution < -0.4 is 5.32 Å². The fraction of sp³-hybridized carbons (Fsp3) is 0.143. The molecular weight excluding hydrogens is 342 g/mol. The first-order chi connectivity index (χ1) is 12.6. The second-order valence-electron chi connectivity index (χ2n) is 6.38. The van der Waals surface area contributed by atoms with Crippen LogP contribution in [-0.4, -0.2) is 15.1 Å². The second kappa shape index (κ2) is 6.77. The normalized spacial score (nSPS) is 12.2. The van der Waals surface area contributed by atoms with Crippen LogP contribution in [0.15, 0.2) is 59.4 Å². The summed E-state index contributed by atoms with van der Waals surface area (Å²) in [5.74, 6) is 0.987. The second-order valence-corrected chi connectivity index (χ2v) is 7.16. The molecule has 0 aliphatic heterocycles. The van der Waals surface area contributed by atoms with Gasteiger partial charge in [0, 0.05) is 22.8 Å². The van der Waals surface area contributed by atoms with Crippen molar-refractivity contribution in [3.8, 4) is 5.75 Å². The van der Waals surface area contributed by atoms with Crippen LogP contribution in [0.4, 0.5) is 5.82 Å². The Hall–Kier alpha value is -2.92. The molecule has 1 atom stereocenters. The van der Waals surface area contributed by atoms with E-state index < -0.39 is 0 Å². The number of thiophene rings is 1. The molecule has 2 N–H and O–H groups in total. The summed E-state index contributed by atoms with van der Waals surface area (Å²) in [4.78, 5) is 8.95. The van der Waals surface area contributed by atoms with E-state index in [4.69, 9.17) is 0 Å². The van der Waals surface area contributed by atoms with Crippen molar-refractivity contribution in [2.24, 2.45) is 0 Å². The lowest BCUT2D eigenvalue weighted by Gasteiger charge is -2.21. The van der Waals surface area contributed by atoms with E-state index >= 15 is 0 Å². The average Bonchev–Trinajstić information content (AvgIpc) is 3.15. The highest BCUT2D eigenvalue weighted by molar-refractivity contribution is 7.08. The van der Waals surface area contributed by atoms with Gasteiger partial charge in [0.15, 0.2) is 0 Å². The Morgan fingerprint density at radius 1 is 1.08 bits per heavy atom. The van der Waals surface area contributed by atoms with Crippen molar-refractivity contribution in [1.82, 2.24) is 9.97 Å². The molecule has 1 aromatic carbocycles. The molecule has 3 heterocycles. The molecule has 4 nitrogen and oxygen atoms in total. The molecule has 0 fully saturated rings. The summed E-state index contributed by atoms with van der Waals surface area (Å²) in [6, 6.07) is 13.7. The number of aryl methyl sites for hydroxylation is 2. The van der Waals surface area contributed by atoms with Crippen LogP contribution in [0.25, 0.3) is 10.9 Å². The van der Waals surface area contributed by atoms with Crippen molar-refractivity contribution in [3.63, 3.8) is 0 Å². The SMILES string of the molecule is Cc1ccnc(N[C@@H](c2ccsc2)c2ccc3ccc(C)nc3c2O)c1. The van der Waals surface area contributed by atoms with Gasteiger partial charge in [-0.25, -0.2) is 9.97 Å². The van der Waals surface area contributed by atoms with E-state index in [0.29, 0.717) is 5.52 Å². The Labute approximate surface area is 156 Å². The van der Waals surface area contributed by atoms with E-state index in [1.165, 1.54) is 0 Å². The third-order valence-electron chi connectivity index (χ3n) is 4.40. The highest BCUT2D eigenvalue weighted by Crippen LogP contribution is 2.37. The zero-order valence-corrected chi connectivity index (χ0v) is 15.4. The number of hydrogen-bond acceptors (Lipinski definition) is 5. The van der Waals surface area contributed by atoms with Gasteiger partial charge in [-0.3, -0.25) is 0 Å². The number of anilines is 1. The van der Waals surface area contributed by atoms with Crippen LogP contribution in [0.2, 0.25) is 0 Å². The molecule has 3 aromatic heterocycles. The third-order valence-corrected chi connectivity index (χ3v) is 5.10. The predicted octanol–water partition coefficient (Wildman–Crippen LogP) is 5.22. The lowest BCUT2D eigenvalue weighted by molar-refractivity contribution is 0.471. The Bertz CT molecular complexity index is 1060. The van der Waals surface area contributed by atoms with Crippen LogP contribution in [0.1, 0.15) is 28.4 Å². The molecule has 0 aliphatic rings. The first-order valence-corrected chi connectivity index (χ1v) is 9.36. The number of nitrogens with zero attached hydrogens (tertiary/aromatic N) is 2. The van der Waals surface area contributed by atoms with E-state index in [9.17, 15) is 5.11 Å². The minimum absolute atomic E-state index is 0.206. The van der Waals surface area contributed by atoms with Gasteiger partial charge in [0.25, 0.3) is 0 Å². The van der Waals surface area contributed by atoms with E-state index in [0.717, 1.165) is 33.6 Å². The topological polar surface area (TPSA) is 58.0 Å². The number of phenols is 1. The summed E-state index contributed by atoms with van der Waals surface area (Å²) in [5, 5.41) is 19.5. The van der Waals surface area contributed by atoms with E-state index in [1.807, 2.05) is 55.6 Å². The first-order valence-electron chi connectivity index (χ1n) is 8.42. The summed E-state index contributed by atoms with van der Waals surface area (Å²) >= 11 is 1.63. The van der Waals surface area contributed by atoms with Crippen LogP contribution in [0, 0.1) is 13.8 Å². The number of nitrogens with one attached hydrogen (secondary N) is 1. The van der Waals surface area contributed by atoms with Gasteiger partial charge in [-0.2, -0.15) is 11.3 Å². The Morgan fingerprint density at radius 2 is 1.92 bits per heavy atom. The highest BCUT2D eigenvalue weighted by Gasteiger charge is 2.21. The van der Waals surface area contributed by atoms with Crippen molar-refractivity contribution in [2.75, 3.05) is 5.32 Å². The van der Waals surface area contributed by atoms with Crippen molar-refractivity contribution in [3.05, 3.63) is 81.8 Å². The number of aromatic hydroxyl groups is 1. The molecule has 0 saturated heterocycles. The van der Waals surface area contributed by atoms with Gasteiger partial charge in [-0.05, 0) is 60.0 Å². The molecule has 0 saturated carbocycles. The quantitative estimate of drug-likeness (QED) is 0.523. The number of benzene rings is 1. The monoisotopic (exact) mass is 361 g/mol. The maximum atomic E-state index is 11.0. The number of rotatable bonds is 4. The van der Waals surface area contributed by atoms with Crippen LogP contribution in [0.3, 0.4) is 0 Å².